The number of hydrogen-bond acceptors (Lipinski definition) is 6. The third-order valence-electron chi connectivity index (χ3n) is 7.26. The maximum absolute atomic E-state index is 13.4. The minimum Gasteiger partial charge on any atom is -0.396 e. The fourth-order valence-electron chi connectivity index (χ4n) is 4.98. The number of amides is 1. The molecule has 184 valence electrons. The van der Waals surface area contributed by atoms with Gasteiger partial charge in [-0.25, -0.2) is 0 Å². The number of aliphatic imine (C=N–C) groups is 1. The Morgan fingerprint density at radius 3 is 2.45 bits per heavy atom. The normalized spacial score (nSPS) is 20.8. The maximum atomic E-state index is 13.4. The molecular formula is C25H40ClN5O2. The lowest BCUT2D eigenvalue weighted by atomic mass is 9.67. The molecule has 7 nitrogen and oxygen atoms in total. The molecule has 1 aliphatic carbocycles. The number of rotatable bonds is 6. The number of piperidine rings is 1. The number of aromatic nitrogens is 1. The van der Waals surface area contributed by atoms with Crippen LogP contribution in [0.5, 0.6) is 0 Å². The van der Waals surface area contributed by atoms with Gasteiger partial charge in [0.25, 0.3) is 5.91 Å². The Labute approximate surface area is 203 Å². The highest BCUT2D eigenvalue weighted by atomic mass is 35.5. The van der Waals surface area contributed by atoms with E-state index in [0.29, 0.717) is 41.4 Å². The van der Waals surface area contributed by atoms with E-state index in [2.05, 4.69) is 36.2 Å². The Balaban J connectivity index is 1.59. The molecule has 33 heavy (non-hydrogen) atoms. The van der Waals surface area contributed by atoms with E-state index in [0.717, 1.165) is 19.4 Å². The SMILES string of the molecule is CN=C(Cl)/C(C(=O)N1CCC2(CCC(NCCC(C)(C)C)CC2)CC1)=C(\N)c1cc(C)on1. The summed E-state index contributed by atoms with van der Waals surface area (Å²) in [5, 5.41) is 7.80. The van der Waals surface area contributed by atoms with Crippen LogP contribution in [0.4, 0.5) is 0 Å². The molecule has 1 spiro atoms. The number of nitrogens with one attached hydrogen (secondary N) is 1. The zero-order valence-electron chi connectivity index (χ0n) is 20.8. The zero-order valence-corrected chi connectivity index (χ0v) is 21.6. The van der Waals surface area contributed by atoms with Gasteiger partial charge in [0.05, 0.1) is 5.70 Å². The Morgan fingerprint density at radius 2 is 1.94 bits per heavy atom. The van der Waals surface area contributed by atoms with Crippen molar-refractivity contribution in [2.45, 2.75) is 78.7 Å². The molecule has 2 aliphatic rings. The van der Waals surface area contributed by atoms with Gasteiger partial charge in [-0.05, 0) is 69.2 Å². The van der Waals surface area contributed by atoms with Gasteiger partial charge in [-0.15, -0.1) is 0 Å². The number of nitrogens with zero attached hydrogens (tertiary/aromatic N) is 3. The largest absolute Gasteiger partial charge is 0.396 e. The van der Waals surface area contributed by atoms with Crippen LogP contribution in [0.15, 0.2) is 21.2 Å². The third-order valence-corrected chi connectivity index (χ3v) is 7.61. The van der Waals surface area contributed by atoms with Crippen LogP contribution < -0.4 is 11.1 Å². The van der Waals surface area contributed by atoms with Crippen LogP contribution in [-0.2, 0) is 4.79 Å². The van der Waals surface area contributed by atoms with Crippen molar-refractivity contribution in [3.05, 3.63) is 23.1 Å². The van der Waals surface area contributed by atoms with Crippen LogP contribution in [0.2, 0.25) is 0 Å². The fourth-order valence-corrected chi connectivity index (χ4v) is 5.16. The zero-order chi connectivity index (χ0) is 24.2. The van der Waals surface area contributed by atoms with E-state index < -0.39 is 0 Å². The van der Waals surface area contributed by atoms with Crippen LogP contribution in [0.25, 0.3) is 5.70 Å². The van der Waals surface area contributed by atoms with Gasteiger partial charge in [-0.3, -0.25) is 9.79 Å². The van der Waals surface area contributed by atoms with Crippen molar-refractivity contribution in [3.8, 4) is 0 Å². The first kappa shape index (κ1) is 25.8. The summed E-state index contributed by atoms with van der Waals surface area (Å²) in [6, 6.07) is 2.32. The molecule has 1 amide bonds. The molecule has 0 atom stereocenters. The topological polar surface area (TPSA) is 96.8 Å². The highest BCUT2D eigenvalue weighted by Gasteiger charge is 2.40. The van der Waals surface area contributed by atoms with Crippen molar-refractivity contribution >= 4 is 28.4 Å². The minimum absolute atomic E-state index is 0.0975. The summed E-state index contributed by atoms with van der Waals surface area (Å²) in [5.74, 6) is 0.434. The average molecular weight is 478 g/mol. The van der Waals surface area contributed by atoms with E-state index in [1.807, 2.05) is 4.90 Å². The van der Waals surface area contributed by atoms with E-state index >= 15 is 0 Å². The molecule has 0 aromatic carbocycles. The van der Waals surface area contributed by atoms with Gasteiger partial charge in [-0.2, -0.15) is 0 Å². The lowest BCUT2D eigenvalue weighted by molar-refractivity contribution is -0.129. The molecule has 1 aromatic rings. The molecule has 3 N–H and O–H groups in total. The highest BCUT2D eigenvalue weighted by molar-refractivity contribution is 6.73. The van der Waals surface area contributed by atoms with Gasteiger partial charge in [0.1, 0.15) is 22.2 Å². The Bertz CT molecular complexity index is 881. The van der Waals surface area contributed by atoms with E-state index in [1.165, 1.54) is 32.1 Å². The van der Waals surface area contributed by atoms with Crippen LogP contribution in [0, 0.1) is 17.8 Å². The molecule has 0 bridgehead atoms. The van der Waals surface area contributed by atoms with Crippen LogP contribution in [-0.4, -0.2) is 53.9 Å². The summed E-state index contributed by atoms with van der Waals surface area (Å²) in [4.78, 5) is 19.3. The van der Waals surface area contributed by atoms with Gasteiger partial charge < -0.3 is 20.5 Å². The molecular weight excluding hydrogens is 438 g/mol. The van der Waals surface area contributed by atoms with E-state index in [4.69, 9.17) is 21.9 Å². The summed E-state index contributed by atoms with van der Waals surface area (Å²) >= 11 is 6.32. The van der Waals surface area contributed by atoms with Crippen LogP contribution >= 0.6 is 11.6 Å². The molecule has 3 rings (SSSR count). The van der Waals surface area contributed by atoms with Gasteiger partial charge >= 0.3 is 0 Å². The number of carbonyl (C=O) groups is 1. The van der Waals surface area contributed by atoms with E-state index in [-0.39, 0.29) is 22.3 Å². The number of likely N-dealkylation sites (tertiary alicyclic amines) is 1. The summed E-state index contributed by atoms with van der Waals surface area (Å²) in [6.45, 7) is 11.2. The van der Waals surface area contributed by atoms with Crippen LogP contribution in [0.1, 0.15) is 77.2 Å². The summed E-state index contributed by atoms with van der Waals surface area (Å²) in [5.41, 5.74) is 7.82. The lowest BCUT2D eigenvalue weighted by Crippen LogP contribution is -2.47. The van der Waals surface area contributed by atoms with Gasteiger partial charge in [0, 0.05) is 32.2 Å². The van der Waals surface area contributed by atoms with Gasteiger partial charge in [0.15, 0.2) is 0 Å². The van der Waals surface area contributed by atoms with E-state index in [1.54, 1.807) is 20.0 Å². The molecule has 1 saturated heterocycles. The van der Waals surface area contributed by atoms with Crippen molar-refractivity contribution < 1.29 is 9.32 Å². The number of halogens is 1. The molecule has 8 heteroatoms. The predicted octanol–water partition coefficient (Wildman–Crippen LogP) is 4.50. The Kier molecular flexibility index (Phi) is 8.27. The van der Waals surface area contributed by atoms with Crippen molar-refractivity contribution in [3.63, 3.8) is 0 Å². The first-order valence-electron chi connectivity index (χ1n) is 12.1. The quantitative estimate of drug-likeness (QED) is 0.464. The molecule has 2 fully saturated rings. The van der Waals surface area contributed by atoms with Crippen molar-refractivity contribution in [2.75, 3.05) is 26.7 Å². The van der Waals surface area contributed by atoms with Crippen molar-refractivity contribution in [2.24, 2.45) is 21.6 Å². The average Bonchev–Trinajstić information content (AvgIpc) is 3.21. The summed E-state index contributed by atoms with van der Waals surface area (Å²) in [7, 11) is 1.55. The smallest absolute Gasteiger partial charge is 0.259 e. The third kappa shape index (κ3) is 6.60. The number of hydrogen-bond donors (Lipinski definition) is 2. The molecule has 2 heterocycles. The fraction of sp³-hybridized carbons (Fsp3) is 0.720. The Hall–Kier alpha value is -1.86. The number of aryl methyl sites for hydroxylation is 1. The lowest BCUT2D eigenvalue weighted by Gasteiger charge is -2.46. The standard InChI is InChI=1S/C25H40ClN5O2/c1-17-16-19(30-33-17)21(27)20(22(26)28-5)23(32)31-14-11-25(12-15-31)8-6-18(7-9-25)29-13-10-24(2,3)4/h16,18,29H,6-15,27H2,1-5H3/b21-20+,28-22?. The van der Waals surface area contributed by atoms with Crippen LogP contribution in [0.3, 0.4) is 0 Å². The molecule has 1 aromatic heterocycles. The monoisotopic (exact) mass is 477 g/mol. The van der Waals surface area contributed by atoms with Crippen molar-refractivity contribution in [1.29, 1.82) is 0 Å². The minimum atomic E-state index is -0.184. The van der Waals surface area contributed by atoms with Gasteiger partial charge in [-0.1, -0.05) is 37.5 Å². The summed E-state index contributed by atoms with van der Waals surface area (Å²) in [6.07, 6.45) is 8.12. The predicted molar refractivity (Wildman–Crippen MR) is 134 cm³/mol. The Morgan fingerprint density at radius 1 is 1.30 bits per heavy atom. The molecule has 0 unspecified atom stereocenters. The van der Waals surface area contributed by atoms with E-state index in [9.17, 15) is 4.79 Å². The molecule has 0 radical (unpaired) electrons. The molecule has 1 aliphatic heterocycles. The second-order valence-corrected chi connectivity index (χ2v) is 11.3. The van der Waals surface area contributed by atoms with Gasteiger partial charge in [0.2, 0.25) is 0 Å². The maximum Gasteiger partial charge on any atom is 0.259 e. The number of carbonyl (C=O) groups excluding carboxylic acids is 1. The second kappa shape index (κ2) is 10.6. The number of nitrogens with two attached hydrogens (primary N) is 1. The highest BCUT2D eigenvalue weighted by Crippen LogP contribution is 2.45. The first-order chi connectivity index (χ1) is 15.5. The first-order valence-corrected chi connectivity index (χ1v) is 12.5. The second-order valence-electron chi connectivity index (χ2n) is 11.0. The summed E-state index contributed by atoms with van der Waals surface area (Å²) < 4.78 is 5.12. The molecule has 1 saturated carbocycles. The van der Waals surface area contributed by atoms with Crippen molar-refractivity contribution in [1.82, 2.24) is 15.4 Å².